The maximum absolute atomic E-state index is 12.4. The van der Waals surface area contributed by atoms with Gasteiger partial charge in [0.15, 0.2) is 5.76 Å². The number of carbonyl (C=O) groups is 1. The van der Waals surface area contributed by atoms with Crippen molar-refractivity contribution in [1.29, 1.82) is 0 Å². The Bertz CT molecular complexity index is 837. The smallest absolute Gasteiger partial charge is 0.309 e. The van der Waals surface area contributed by atoms with Crippen molar-refractivity contribution in [1.82, 2.24) is 9.88 Å². The quantitative estimate of drug-likeness (QED) is 0.831. The Morgan fingerprint density at radius 2 is 1.83 bits per heavy atom. The molecule has 1 fully saturated rings. The third-order valence-electron chi connectivity index (χ3n) is 3.98. The maximum atomic E-state index is 12.4. The monoisotopic (exact) mass is 350 g/mol. The summed E-state index contributed by atoms with van der Waals surface area (Å²) in [6, 6.07) is 5.98. The van der Waals surface area contributed by atoms with Gasteiger partial charge in [-0.25, -0.2) is 18.5 Å². The molecule has 1 aromatic heterocycles. The molecule has 2 heterocycles. The number of primary sulfonamides is 1. The molecule has 24 heavy (non-hydrogen) atoms. The van der Waals surface area contributed by atoms with E-state index in [9.17, 15) is 13.2 Å². The fraction of sp³-hybridized carbons (Fsp3) is 0.333. The molecule has 1 aliphatic heterocycles. The zero-order chi connectivity index (χ0) is 17.3. The number of benzene rings is 1. The summed E-state index contributed by atoms with van der Waals surface area (Å²) < 4.78 is 28.0. The molecule has 1 aliphatic rings. The van der Waals surface area contributed by atoms with E-state index in [-0.39, 0.29) is 22.7 Å². The summed E-state index contributed by atoms with van der Waals surface area (Å²) in [5, 5.41) is 5.06. The molecule has 1 amide bonds. The molecule has 0 aliphatic carbocycles. The third-order valence-corrected chi connectivity index (χ3v) is 4.91. The van der Waals surface area contributed by atoms with Crippen LogP contribution in [0.2, 0.25) is 0 Å². The minimum atomic E-state index is -3.75. The van der Waals surface area contributed by atoms with Gasteiger partial charge >= 0.3 is 5.91 Å². The van der Waals surface area contributed by atoms with E-state index < -0.39 is 10.0 Å². The van der Waals surface area contributed by atoms with Crippen molar-refractivity contribution in [3.05, 3.63) is 36.4 Å². The number of nitrogens with two attached hydrogens (primary N) is 2. The van der Waals surface area contributed by atoms with Crippen molar-refractivity contribution in [2.24, 2.45) is 10.9 Å². The largest absolute Gasteiger partial charge is 0.432 e. The van der Waals surface area contributed by atoms with Crippen LogP contribution < -0.4 is 10.9 Å². The molecular weight excluding hydrogens is 332 g/mol. The molecular formula is C15H18N4O4S. The molecule has 1 saturated heterocycles. The van der Waals surface area contributed by atoms with Crippen molar-refractivity contribution in [2.75, 3.05) is 13.1 Å². The molecule has 3 rings (SSSR count). The van der Waals surface area contributed by atoms with Crippen LogP contribution in [0.1, 0.15) is 23.5 Å². The van der Waals surface area contributed by atoms with E-state index in [1.54, 1.807) is 17.0 Å². The van der Waals surface area contributed by atoms with Crippen molar-refractivity contribution in [3.63, 3.8) is 0 Å². The van der Waals surface area contributed by atoms with Crippen LogP contribution in [0.15, 0.2) is 39.8 Å². The van der Waals surface area contributed by atoms with E-state index in [2.05, 4.69) is 4.98 Å². The Balaban J connectivity index is 1.77. The van der Waals surface area contributed by atoms with Crippen molar-refractivity contribution in [3.8, 4) is 11.3 Å². The molecule has 8 nitrogen and oxygen atoms in total. The molecule has 1 aromatic carbocycles. The molecule has 4 N–H and O–H groups in total. The number of likely N-dealkylation sites (tertiary alicyclic amines) is 1. The van der Waals surface area contributed by atoms with E-state index in [1.807, 2.05) is 0 Å². The summed E-state index contributed by atoms with van der Waals surface area (Å²) >= 11 is 0. The van der Waals surface area contributed by atoms with Gasteiger partial charge in [-0.3, -0.25) is 4.79 Å². The van der Waals surface area contributed by atoms with Gasteiger partial charge in [0.05, 0.1) is 11.1 Å². The fourth-order valence-electron chi connectivity index (χ4n) is 2.55. The zero-order valence-electron chi connectivity index (χ0n) is 12.9. The lowest BCUT2D eigenvalue weighted by molar-refractivity contribution is 0.0675. The molecule has 0 bridgehead atoms. The van der Waals surface area contributed by atoms with Crippen LogP contribution in [0.4, 0.5) is 0 Å². The van der Waals surface area contributed by atoms with Gasteiger partial charge in [0.2, 0.25) is 10.0 Å². The summed E-state index contributed by atoms with van der Waals surface area (Å²) in [6.45, 7) is 1.17. The number of nitrogens with zero attached hydrogens (tertiary/aromatic N) is 2. The van der Waals surface area contributed by atoms with Crippen LogP contribution in [-0.4, -0.2) is 43.3 Å². The highest BCUT2D eigenvalue weighted by Crippen LogP contribution is 2.23. The van der Waals surface area contributed by atoms with E-state index in [4.69, 9.17) is 15.3 Å². The number of hydrogen-bond donors (Lipinski definition) is 2. The molecule has 0 spiro atoms. The van der Waals surface area contributed by atoms with Crippen LogP contribution in [-0.2, 0) is 10.0 Å². The van der Waals surface area contributed by atoms with E-state index in [0.717, 1.165) is 12.8 Å². The van der Waals surface area contributed by atoms with Crippen LogP contribution in [0.5, 0.6) is 0 Å². The SMILES string of the molecule is NC1CCN(C(=O)c2ncc(-c3ccc(S(N)(=O)=O)cc3)o2)CC1. The first-order chi connectivity index (χ1) is 11.3. The molecule has 0 saturated carbocycles. The Morgan fingerprint density at radius 1 is 1.21 bits per heavy atom. The number of amides is 1. The minimum absolute atomic E-state index is 0.00622. The number of aromatic nitrogens is 1. The number of rotatable bonds is 3. The number of oxazole rings is 1. The van der Waals surface area contributed by atoms with Gasteiger partial charge < -0.3 is 15.1 Å². The topological polar surface area (TPSA) is 133 Å². The van der Waals surface area contributed by atoms with Gasteiger partial charge in [-0.2, -0.15) is 0 Å². The molecule has 2 aromatic rings. The average molecular weight is 350 g/mol. The van der Waals surface area contributed by atoms with E-state index in [1.165, 1.54) is 18.3 Å². The molecule has 128 valence electrons. The summed E-state index contributed by atoms with van der Waals surface area (Å²) in [7, 11) is -3.75. The van der Waals surface area contributed by atoms with Gasteiger partial charge in [-0.05, 0) is 37.1 Å². The van der Waals surface area contributed by atoms with Crippen LogP contribution in [0.3, 0.4) is 0 Å². The molecule has 0 radical (unpaired) electrons. The maximum Gasteiger partial charge on any atom is 0.309 e. The van der Waals surface area contributed by atoms with Gasteiger partial charge in [0.1, 0.15) is 0 Å². The number of hydrogen-bond acceptors (Lipinski definition) is 6. The Hall–Kier alpha value is -2.23. The first-order valence-corrected chi connectivity index (χ1v) is 9.03. The van der Waals surface area contributed by atoms with Crippen molar-refractivity contribution < 1.29 is 17.6 Å². The normalized spacial score (nSPS) is 16.3. The van der Waals surface area contributed by atoms with Crippen LogP contribution in [0, 0.1) is 0 Å². The standard InChI is InChI=1S/C15H18N4O4S/c16-11-5-7-19(8-6-11)15(20)14-18-9-13(23-14)10-1-3-12(4-2-10)24(17,21)22/h1-4,9,11H,5-8,16H2,(H2,17,21,22). The van der Waals surface area contributed by atoms with E-state index in [0.29, 0.717) is 24.4 Å². The number of carbonyl (C=O) groups excluding carboxylic acids is 1. The van der Waals surface area contributed by atoms with Crippen LogP contribution in [0.25, 0.3) is 11.3 Å². The lowest BCUT2D eigenvalue weighted by Crippen LogP contribution is -2.42. The predicted octanol–water partition coefficient (Wildman–Crippen LogP) is 0.552. The fourth-order valence-corrected chi connectivity index (χ4v) is 3.07. The average Bonchev–Trinajstić information content (AvgIpc) is 3.04. The minimum Gasteiger partial charge on any atom is -0.432 e. The molecule has 0 atom stereocenters. The highest BCUT2D eigenvalue weighted by atomic mass is 32.2. The second-order valence-corrected chi connectivity index (χ2v) is 7.29. The second-order valence-electron chi connectivity index (χ2n) is 5.73. The summed E-state index contributed by atoms with van der Waals surface area (Å²) in [5.74, 6) is 0.123. The van der Waals surface area contributed by atoms with Crippen molar-refractivity contribution >= 4 is 15.9 Å². The first kappa shape index (κ1) is 16.6. The Labute approximate surface area is 139 Å². The van der Waals surface area contributed by atoms with Gasteiger partial charge in [0, 0.05) is 24.7 Å². The van der Waals surface area contributed by atoms with Crippen molar-refractivity contribution in [2.45, 2.75) is 23.8 Å². The highest BCUT2D eigenvalue weighted by molar-refractivity contribution is 7.89. The number of sulfonamides is 1. The van der Waals surface area contributed by atoms with Gasteiger partial charge in [-0.15, -0.1) is 0 Å². The van der Waals surface area contributed by atoms with Gasteiger partial charge in [0.25, 0.3) is 5.89 Å². The first-order valence-electron chi connectivity index (χ1n) is 7.48. The highest BCUT2D eigenvalue weighted by Gasteiger charge is 2.25. The lowest BCUT2D eigenvalue weighted by atomic mass is 10.1. The van der Waals surface area contributed by atoms with Gasteiger partial charge in [-0.1, -0.05) is 0 Å². The lowest BCUT2D eigenvalue weighted by Gasteiger charge is -2.29. The molecule has 0 unspecified atom stereocenters. The Kier molecular flexibility index (Phi) is 4.39. The van der Waals surface area contributed by atoms with E-state index >= 15 is 0 Å². The summed E-state index contributed by atoms with van der Waals surface area (Å²) in [6.07, 6.45) is 2.96. The molecule has 9 heteroatoms. The Morgan fingerprint density at radius 3 is 2.42 bits per heavy atom. The third kappa shape index (κ3) is 3.48. The predicted molar refractivity (Wildman–Crippen MR) is 86.4 cm³/mol. The summed E-state index contributed by atoms with van der Waals surface area (Å²) in [5.41, 5.74) is 6.44. The number of piperidine rings is 1. The van der Waals surface area contributed by atoms with Crippen LogP contribution >= 0.6 is 0 Å². The summed E-state index contributed by atoms with van der Waals surface area (Å²) in [4.78, 5) is 18.1. The zero-order valence-corrected chi connectivity index (χ0v) is 13.7. The second kappa shape index (κ2) is 6.34.